The molecule has 1 fully saturated rings. The third-order valence-electron chi connectivity index (χ3n) is 7.11. The van der Waals surface area contributed by atoms with Crippen LogP contribution in [0, 0.1) is 5.92 Å². The minimum Gasteiger partial charge on any atom is -0.370 e. The van der Waals surface area contributed by atoms with Gasteiger partial charge in [0.1, 0.15) is 6.04 Å². The van der Waals surface area contributed by atoms with Gasteiger partial charge < -0.3 is 27.8 Å². The molecule has 0 aromatic heterocycles. The monoisotopic (exact) mass is 566 g/mol. The van der Waals surface area contributed by atoms with Crippen LogP contribution in [-0.4, -0.2) is 70.3 Å². The Labute approximate surface area is 236 Å². The molecular formula is C28H34N6O7. The van der Waals surface area contributed by atoms with Crippen LogP contribution in [0.5, 0.6) is 0 Å². The normalized spacial score (nSPS) is 18.6. The smallest absolute Gasteiger partial charge is 0.251 e. The Balaban J connectivity index is 1.70. The Morgan fingerprint density at radius 1 is 0.951 bits per heavy atom. The molecule has 1 aliphatic heterocycles. The molecule has 0 unspecified atom stereocenters. The van der Waals surface area contributed by atoms with E-state index in [1.54, 1.807) is 0 Å². The van der Waals surface area contributed by atoms with E-state index in [9.17, 15) is 33.6 Å². The van der Waals surface area contributed by atoms with E-state index in [-0.39, 0.29) is 19.3 Å². The molecule has 1 saturated heterocycles. The minimum atomic E-state index is -2.20. The number of hydrogen-bond acceptors (Lipinski definition) is 8. The summed E-state index contributed by atoms with van der Waals surface area (Å²) in [7, 11) is 0. The second kappa shape index (κ2) is 12.7. The summed E-state index contributed by atoms with van der Waals surface area (Å²) in [6.45, 7) is 2.12. The van der Waals surface area contributed by atoms with Crippen LogP contribution in [0.4, 0.5) is 0 Å². The van der Waals surface area contributed by atoms with Gasteiger partial charge in [-0.3, -0.25) is 38.5 Å². The Morgan fingerprint density at radius 2 is 1.61 bits per heavy atom. The molecule has 2 aromatic carbocycles. The number of benzene rings is 2. The van der Waals surface area contributed by atoms with Crippen molar-refractivity contribution in [1.29, 1.82) is 0 Å². The summed E-state index contributed by atoms with van der Waals surface area (Å²) < 4.78 is 0. The van der Waals surface area contributed by atoms with Crippen LogP contribution in [0.2, 0.25) is 0 Å². The van der Waals surface area contributed by atoms with Crippen LogP contribution < -0.4 is 27.8 Å². The molecule has 3 rings (SSSR count). The predicted molar refractivity (Wildman–Crippen MR) is 147 cm³/mol. The maximum absolute atomic E-state index is 13.1. The maximum atomic E-state index is 13.1. The van der Waals surface area contributed by atoms with Crippen molar-refractivity contribution >= 4 is 52.0 Å². The molecule has 0 spiro atoms. The van der Waals surface area contributed by atoms with Gasteiger partial charge in [0.05, 0.1) is 19.0 Å². The van der Waals surface area contributed by atoms with Crippen LogP contribution in [0.15, 0.2) is 42.5 Å². The fourth-order valence-corrected chi connectivity index (χ4v) is 5.06. The Bertz CT molecular complexity index is 1410. The number of carbonyl (C=O) groups excluding carboxylic acids is 7. The van der Waals surface area contributed by atoms with E-state index in [1.807, 2.05) is 42.5 Å². The number of Topliss-reactive ketones (excluding diaryl/α,β-unsaturated/α-hetero) is 1. The van der Waals surface area contributed by atoms with Gasteiger partial charge in [-0.05, 0) is 28.7 Å². The van der Waals surface area contributed by atoms with Gasteiger partial charge in [-0.25, -0.2) is 0 Å². The number of hydrogen-bond donors (Lipinski definition) is 5. The van der Waals surface area contributed by atoms with E-state index in [0.29, 0.717) is 4.90 Å². The lowest BCUT2D eigenvalue weighted by Gasteiger charge is -2.44. The molecule has 2 aromatic rings. The van der Waals surface area contributed by atoms with E-state index in [2.05, 4.69) is 10.6 Å². The van der Waals surface area contributed by atoms with Crippen molar-refractivity contribution in [3.8, 4) is 0 Å². The summed E-state index contributed by atoms with van der Waals surface area (Å²) in [5.74, 6) is -7.14. The number of amides is 6. The van der Waals surface area contributed by atoms with Gasteiger partial charge in [0.15, 0.2) is 11.3 Å². The largest absolute Gasteiger partial charge is 0.370 e. The van der Waals surface area contributed by atoms with Gasteiger partial charge >= 0.3 is 0 Å². The zero-order valence-electron chi connectivity index (χ0n) is 22.8. The molecule has 0 saturated carbocycles. The Morgan fingerprint density at radius 3 is 2.22 bits per heavy atom. The number of nitrogens with one attached hydrogen (secondary N) is 2. The van der Waals surface area contributed by atoms with Crippen molar-refractivity contribution in [2.75, 3.05) is 6.54 Å². The Kier molecular flexibility index (Phi) is 9.55. The number of carbonyl (C=O) groups is 7. The van der Waals surface area contributed by atoms with Gasteiger partial charge in [-0.1, -0.05) is 56.3 Å². The van der Waals surface area contributed by atoms with Crippen LogP contribution >= 0.6 is 0 Å². The van der Waals surface area contributed by atoms with E-state index in [4.69, 9.17) is 17.2 Å². The highest BCUT2D eigenvalue weighted by molar-refractivity contribution is 6.19. The summed E-state index contributed by atoms with van der Waals surface area (Å²) in [5.41, 5.74) is 15.4. The van der Waals surface area contributed by atoms with E-state index in [1.165, 1.54) is 13.8 Å². The second-order valence-electron chi connectivity index (χ2n) is 10.3. The number of primary amides is 2. The van der Waals surface area contributed by atoms with Gasteiger partial charge in [0, 0.05) is 12.8 Å². The molecule has 0 bridgehead atoms. The van der Waals surface area contributed by atoms with Crippen molar-refractivity contribution in [1.82, 2.24) is 15.5 Å². The average molecular weight is 567 g/mol. The van der Waals surface area contributed by atoms with E-state index in [0.717, 1.165) is 16.3 Å². The number of rotatable bonds is 11. The zero-order chi connectivity index (χ0) is 30.5. The lowest BCUT2D eigenvalue weighted by molar-refractivity contribution is -0.170. The number of piperidine rings is 1. The molecule has 13 heteroatoms. The van der Waals surface area contributed by atoms with Gasteiger partial charge in [0.25, 0.3) is 5.91 Å². The van der Waals surface area contributed by atoms with Crippen LogP contribution in [0.25, 0.3) is 10.8 Å². The zero-order valence-corrected chi connectivity index (χ0v) is 22.8. The summed E-state index contributed by atoms with van der Waals surface area (Å²) in [4.78, 5) is 88.8. The minimum absolute atomic E-state index is 0.134. The van der Waals surface area contributed by atoms with Crippen molar-refractivity contribution in [3.63, 3.8) is 0 Å². The standard InChI is InChI=1S/C28H34N6O7/c1-15(2)28(27(31)41)21(35)9-10-23(37)34(28)24(38)14-32-26(40)20(13-22(30)36)33-25(39)19(29)12-16-7-8-17-5-3-4-6-18(17)11-16/h3-8,11,15,19-20H,9-10,12-14,29H2,1-2H3,(H2,30,36)(H2,31,41)(H,32,40)(H,33,39)/t19-,20-,28+/m0/s1. The lowest BCUT2D eigenvalue weighted by Crippen LogP contribution is -2.71. The van der Waals surface area contributed by atoms with Crippen molar-refractivity contribution in [2.45, 2.75) is 57.2 Å². The van der Waals surface area contributed by atoms with Gasteiger partial charge in [-0.15, -0.1) is 0 Å². The number of ketones is 1. The fourth-order valence-electron chi connectivity index (χ4n) is 5.06. The number of likely N-dealkylation sites (tertiary alicyclic amines) is 1. The number of fused-ring (bicyclic) bond motifs is 1. The quantitative estimate of drug-likeness (QED) is 0.207. The molecule has 1 heterocycles. The molecule has 13 nitrogen and oxygen atoms in total. The van der Waals surface area contributed by atoms with E-state index >= 15 is 0 Å². The molecular weight excluding hydrogens is 532 g/mol. The first-order chi connectivity index (χ1) is 19.3. The topological polar surface area (TPSA) is 225 Å². The van der Waals surface area contributed by atoms with Crippen LogP contribution in [0.3, 0.4) is 0 Å². The highest BCUT2D eigenvalue weighted by atomic mass is 16.2. The summed E-state index contributed by atoms with van der Waals surface area (Å²) >= 11 is 0. The molecule has 6 amide bonds. The van der Waals surface area contributed by atoms with Gasteiger partial charge in [0.2, 0.25) is 29.5 Å². The predicted octanol–water partition coefficient (Wildman–Crippen LogP) is -1.22. The first-order valence-electron chi connectivity index (χ1n) is 13.1. The Hall–Kier alpha value is -4.65. The van der Waals surface area contributed by atoms with Crippen LogP contribution in [0.1, 0.15) is 38.7 Å². The third-order valence-corrected chi connectivity index (χ3v) is 7.11. The average Bonchev–Trinajstić information content (AvgIpc) is 2.91. The van der Waals surface area contributed by atoms with Crippen molar-refractivity contribution in [2.24, 2.45) is 23.1 Å². The maximum Gasteiger partial charge on any atom is 0.251 e. The molecule has 218 valence electrons. The fraction of sp³-hybridized carbons (Fsp3) is 0.393. The molecule has 1 aliphatic rings. The first-order valence-corrected chi connectivity index (χ1v) is 13.1. The summed E-state index contributed by atoms with van der Waals surface area (Å²) in [6.07, 6.45) is -1.04. The lowest BCUT2D eigenvalue weighted by atomic mass is 9.75. The molecule has 0 radical (unpaired) electrons. The highest BCUT2D eigenvalue weighted by Crippen LogP contribution is 2.33. The molecule has 41 heavy (non-hydrogen) atoms. The number of imide groups is 1. The summed E-state index contributed by atoms with van der Waals surface area (Å²) in [6, 6.07) is 10.7. The highest BCUT2D eigenvalue weighted by Gasteiger charge is 2.58. The second-order valence-corrected chi connectivity index (χ2v) is 10.3. The number of nitrogens with zero attached hydrogens (tertiary/aromatic N) is 1. The SMILES string of the molecule is CC(C)[C@]1(C(N)=O)C(=O)CCC(=O)N1C(=O)CNC(=O)[C@H](CC(N)=O)NC(=O)[C@@H](N)Cc1ccc2ccccc2c1. The van der Waals surface area contributed by atoms with Crippen molar-refractivity contribution < 1.29 is 33.6 Å². The van der Waals surface area contributed by atoms with Crippen molar-refractivity contribution in [3.05, 3.63) is 48.0 Å². The van der Waals surface area contributed by atoms with E-state index < -0.39 is 77.7 Å². The third kappa shape index (κ3) is 6.57. The van der Waals surface area contributed by atoms with Crippen LogP contribution in [-0.2, 0) is 40.0 Å². The molecule has 3 atom stereocenters. The molecule has 8 N–H and O–H groups in total. The van der Waals surface area contributed by atoms with Gasteiger partial charge in [-0.2, -0.15) is 0 Å². The molecule has 0 aliphatic carbocycles. The number of nitrogens with two attached hydrogens (primary N) is 3. The summed E-state index contributed by atoms with van der Waals surface area (Å²) in [5, 5.41) is 6.59. The first kappa shape index (κ1) is 30.9.